The Kier molecular flexibility index (Phi) is 25.2. The molecule has 0 aliphatic carbocycles. The maximum atomic E-state index is 2.45. The molecule has 4 aromatic heterocycles. The number of nitrogens with zero attached hydrogens (tertiary/aromatic N) is 4. The molecule has 8 aromatic rings. The zero-order valence-corrected chi connectivity index (χ0v) is 67.8. The molecular formula is C78H116Ge4N4+4. The summed E-state index contributed by atoms with van der Waals surface area (Å²) in [6, 6.07) is 46.1. The number of pyridine rings is 4. The molecule has 4 aromatic carbocycles. The molecule has 0 spiro atoms. The summed E-state index contributed by atoms with van der Waals surface area (Å²) in [4.78, 5) is 0. The van der Waals surface area contributed by atoms with E-state index in [2.05, 4.69) is 345 Å². The molecular weight excluding hydrogens is 1280 g/mol. The van der Waals surface area contributed by atoms with Crippen LogP contribution in [0.25, 0.3) is 45.0 Å². The van der Waals surface area contributed by atoms with Gasteiger partial charge in [0, 0.05) is 0 Å². The first-order chi connectivity index (χ1) is 39.7. The molecule has 0 N–H and O–H groups in total. The van der Waals surface area contributed by atoms with Gasteiger partial charge in [0.1, 0.15) is 0 Å². The number of aromatic nitrogens is 4. The van der Waals surface area contributed by atoms with Gasteiger partial charge in [-0.15, -0.1) is 0 Å². The minimum atomic E-state index is -1.77. The Morgan fingerprint density at radius 1 is 0.372 bits per heavy atom. The predicted molar refractivity (Wildman–Crippen MR) is 388 cm³/mol. The first-order valence-electron chi connectivity index (χ1n) is 32.2. The zero-order chi connectivity index (χ0) is 64.6. The molecule has 0 bridgehead atoms. The molecule has 0 unspecified atom stereocenters. The Balaban J connectivity index is 0.000000210. The van der Waals surface area contributed by atoms with Crippen LogP contribution >= 0.6 is 0 Å². The second kappa shape index (κ2) is 30.0. The van der Waals surface area contributed by atoms with Crippen molar-refractivity contribution < 1.29 is 18.3 Å². The topological polar surface area (TPSA) is 15.5 Å². The van der Waals surface area contributed by atoms with E-state index < -0.39 is 53.1 Å². The Bertz CT molecular complexity index is 3590. The van der Waals surface area contributed by atoms with Crippen molar-refractivity contribution in [1.29, 1.82) is 0 Å². The van der Waals surface area contributed by atoms with Gasteiger partial charge >= 0.3 is 541 Å². The number of hydrogen-bond acceptors (Lipinski definition) is 0. The number of rotatable bonds is 13. The van der Waals surface area contributed by atoms with Crippen LogP contribution in [0.1, 0.15) is 112 Å². The van der Waals surface area contributed by atoms with Crippen molar-refractivity contribution in [3.05, 3.63) is 191 Å². The normalized spacial score (nSPS) is 12.1. The van der Waals surface area contributed by atoms with Crippen molar-refractivity contribution in [1.82, 2.24) is 0 Å². The quantitative estimate of drug-likeness (QED) is 0.0808. The molecule has 0 saturated carbocycles. The second-order valence-corrected chi connectivity index (χ2v) is 73.2. The molecule has 460 valence electrons. The number of aryl methyl sites for hydroxylation is 9. The van der Waals surface area contributed by atoms with E-state index in [1.807, 2.05) is 0 Å². The van der Waals surface area contributed by atoms with Crippen molar-refractivity contribution in [3.63, 3.8) is 0 Å². The van der Waals surface area contributed by atoms with E-state index in [0.29, 0.717) is 11.8 Å². The van der Waals surface area contributed by atoms with Crippen LogP contribution in [0.5, 0.6) is 0 Å². The average molecular weight is 1400 g/mol. The van der Waals surface area contributed by atoms with E-state index in [4.69, 9.17) is 0 Å². The molecule has 0 fully saturated rings. The standard InChI is InChI=1S/C21H32GeN.2C20H30GeN.C17H24GeN/c1-8-17(9-2)18-11-10-16(3)20(14-18)21-13-12-19(15-23(21)7)22(4,5)6;1-15-9-10-16(20(2,3)4)13-18(15)19-12-11-17(14-22(19)8)21(5,6)7;1-15(2)12-17-9-8-16(3)19(13-17)20-11-10-18(14-22(20)7)21(4,5)6;1-13-7-9-16(14(2)11-13)17-10-8-15(12-19(17)6)18(3,4)5/h10-15,17H,8-9H2,1-7H3;9-14H,1-8H3;8-11,13-15H,12H2,1-7H3;7-12H,1-6H3/q4*+1. The second-order valence-electron chi connectivity index (χ2n) is 30.6. The fourth-order valence-corrected chi connectivity index (χ4v) is 21.0. The Morgan fingerprint density at radius 3 is 1.06 bits per heavy atom. The van der Waals surface area contributed by atoms with Crippen molar-refractivity contribution in [2.75, 3.05) is 0 Å². The van der Waals surface area contributed by atoms with E-state index in [9.17, 15) is 0 Å². The average Bonchev–Trinajstić information content (AvgIpc) is 2.14. The van der Waals surface area contributed by atoms with Gasteiger partial charge in [-0.3, -0.25) is 0 Å². The molecule has 0 aliphatic heterocycles. The molecule has 0 radical (unpaired) electrons. The van der Waals surface area contributed by atoms with Crippen molar-refractivity contribution in [2.24, 2.45) is 34.1 Å². The van der Waals surface area contributed by atoms with Gasteiger partial charge in [-0.2, -0.15) is 0 Å². The molecule has 86 heavy (non-hydrogen) atoms. The fourth-order valence-electron chi connectivity index (χ4n) is 11.3. The van der Waals surface area contributed by atoms with E-state index in [-0.39, 0.29) is 5.41 Å². The summed E-state index contributed by atoms with van der Waals surface area (Å²) in [5.74, 6) is 30.7. The molecule has 0 atom stereocenters. The van der Waals surface area contributed by atoms with Crippen LogP contribution < -0.4 is 35.9 Å². The zero-order valence-electron chi connectivity index (χ0n) is 59.4. The van der Waals surface area contributed by atoms with Crippen molar-refractivity contribution >= 4 is 70.6 Å². The van der Waals surface area contributed by atoms with Crippen LogP contribution in [0.2, 0.25) is 69.1 Å². The van der Waals surface area contributed by atoms with E-state index in [1.54, 1.807) is 17.6 Å². The van der Waals surface area contributed by atoms with Gasteiger partial charge in [-0.05, 0) is 0 Å². The van der Waals surface area contributed by atoms with Crippen LogP contribution in [0.3, 0.4) is 0 Å². The Hall–Kier alpha value is -4.35. The first kappa shape index (κ1) is 72.4. The molecule has 4 heterocycles. The van der Waals surface area contributed by atoms with Gasteiger partial charge < -0.3 is 0 Å². The molecule has 0 aliphatic rings. The van der Waals surface area contributed by atoms with Crippen LogP contribution in [0.15, 0.2) is 146 Å². The summed E-state index contributed by atoms with van der Waals surface area (Å²) in [5, 5.41) is 0. The number of benzene rings is 4. The summed E-state index contributed by atoms with van der Waals surface area (Å²) in [5.41, 5.74) is 21.9. The molecule has 0 saturated heterocycles. The molecule has 8 rings (SSSR count). The Morgan fingerprint density at radius 2 is 0.721 bits per heavy atom. The third-order valence-corrected chi connectivity index (χ3v) is 34.3. The number of hydrogen-bond donors (Lipinski definition) is 0. The Labute approximate surface area is 536 Å². The van der Waals surface area contributed by atoms with Gasteiger partial charge in [0.15, 0.2) is 0 Å². The van der Waals surface area contributed by atoms with Gasteiger partial charge in [-0.25, -0.2) is 0 Å². The summed E-state index contributed by atoms with van der Waals surface area (Å²) < 4.78 is 15.4. The monoisotopic (exact) mass is 1400 g/mol. The van der Waals surface area contributed by atoms with Crippen LogP contribution in [0, 0.1) is 40.5 Å². The summed E-state index contributed by atoms with van der Waals surface area (Å²) in [6.45, 7) is 26.9. The summed E-state index contributed by atoms with van der Waals surface area (Å²) >= 11 is -7.03. The van der Waals surface area contributed by atoms with Gasteiger partial charge in [0.2, 0.25) is 0 Å². The van der Waals surface area contributed by atoms with E-state index >= 15 is 0 Å². The summed E-state index contributed by atoms with van der Waals surface area (Å²) in [6.07, 6.45) is 12.9. The third kappa shape index (κ3) is 19.8. The molecule has 4 nitrogen and oxygen atoms in total. The van der Waals surface area contributed by atoms with Gasteiger partial charge in [0.05, 0.1) is 0 Å². The molecule has 8 heteroatoms. The third-order valence-electron chi connectivity index (χ3n) is 17.3. The minimum absolute atomic E-state index is 0.182. The van der Waals surface area contributed by atoms with Crippen molar-refractivity contribution in [3.8, 4) is 45.0 Å². The predicted octanol–water partition coefficient (Wildman–Crippen LogP) is 16.8. The van der Waals surface area contributed by atoms with Gasteiger partial charge in [-0.1, -0.05) is 0 Å². The van der Waals surface area contributed by atoms with E-state index in [0.717, 1.165) is 6.42 Å². The SMILES string of the molecule is CCC(CC)c1ccc(C)c(-c2cc[c]([Ge]([CH3])([CH3])[CH3])c[n+]2C)c1.Cc1ccc(-c2cc[c]([Ge]([CH3])([CH3])[CH3])c[n+]2C)c(C)c1.Cc1ccc(C(C)(C)C)cc1-c1cc[c]([Ge]([CH3])([CH3])[CH3])c[n+]1C.Cc1ccc(CC(C)C)cc1-c1cc[c]([Ge]([CH3])([CH3])[CH3])c[n+]1C. The van der Waals surface area contributed by atoms with Crippen LogP contribution in [0.4, 0.5) is 0 Å². The maximum absolute atomic E-state index is 2.45. The van der Waals surface area contributed by atoms with Crippen molar-refractivity contribution in [2.45, 2.75) is 183 Å². The van der Waals surface area contributed by atoms with Crippen LogP contribution in [-0.4, -0.2) is 53.1 Å². The van der Waals surface area contributed by atoms with Crippen LogP contribution in [-0.2, 0) is 40.0 Å². The van der Waals surface area contributed by atoms with Gasteiger partial charge in [0.25, 0.3) is 0 Å². The molecule has 0 amide bonds. The van der Waals surface area contributed by atoms with E-state index in [1.165, 1.54) is 102 Å². The summed E-state index contributed by atoms with van der Waals surface area (Å²) in [7, 11) is 8.71. The first-order valence-corrected chi connectivity index (χ1v) is 61.5. The fraction of sp³-hybridized carbons (Fsp3) is 0.436.